The van der Waals surface area contributed by atoms with Gasteiger partial charge in [-0.25, -0.2) is 14.2 Å². The number of halogens is 4. The second-order valence-electron chi connectivity index (χ2n) is 9.80. The highest BCUT2D eigenvalue weighted by molar-refractivity contribution is 6.12. The number of aromatic nitrogens is 1. The molecule has 3 N–H and O–H groups in total. The first-order chi connectivity index (χ1) is 18.0. The van der Waals surface area contributed by atoms with Gasteiger partial charge in [0, 0.05) is 18.9 Å². The fraction of sp³-hybridized carbons (Fsp3) is 0.462. The Morgan fingerprint density at radius 3 is 2.53 bits per heavy atom. The number of carbonyl (C=O) groups excluding carboxylic acids is 3. The number of alkyl halides is 3. The van der Waals surface area contributed by atoms with E-state index < -0.39 is 53.8 Å². The monoisotopic (exact) mass is 535 g/mol. The molecule has 1 aromatic heterocycles. The largest absolute Gasteiger partial charge is 0.408 e. The summed E-state index contributed by atoms with van der Waals surface area (Å²) in [6.45, 7) is 0. The predicted molar refractivity (Wildman–Crippen MR) is 131 cm³/mol. The zero-order chi connectivity index (χ0) is 27.6. The molecule has 2 aromatic rings. The normalized spacial score (nSPS) is 21.0. The number of imide groups is 1. The molecule has 4 rings (SSSR count). The third-order valence-corrected chi connectivity index (χ3v) is 7.27. The lowest BCUT2D eigenvalue weighted by molar-refractivity contribution is -0.170. The molecule has 2 heterocycles. The van der Waals surface area contributed by atoms with Crippen LogP contribution in [0.25, 0.3) is 0 Å². The maximum absolute atomic E-state index is 13.9. The van der Waals surface area contributed by atoms with Crippen LogP contribution in [0.15, 0.2) is 42.6 Å². The van der Waals surface area contributed by atoms with Gasteiger partial charge >= 0.3 is 12.2 Å². The van der Waals surface area contributed by atoms with E-state index in [1.54, 1.807) is 6.07 Å². The average Bonchev–Trinajstić information content (AvgIpc) is 2.87. The van der Waals surface area contributed by atoms with Crippen molar-refractivity contribution >= 4 is 29.4 Å². The maximum Gasteiger partial charge on any atom is 0.408 e. The van der Waals surface area contributed by atoms with Crippen LogP contribution in [0.4, 0.5) is 33.9 Å². The molecular weight excluding hydrogens is 506 g/mol. The number of benzene rings is 1. The topological polar surface area (TPSA) is 109 Å². The Bertz CT molecular complexity index is 1200. The van der Waals surface area contributed by atoms with Gasteiger partial charge in [0.1, 0.15) is 23.7 Å². The zero-order valence-corrected chi connectivity index (χ0v) is 20.7. The maximum atomic E-state index is 13.9. The first-order valence-corrected chi connectivity index (χ1v) is 12.4. The summed E-state index contributed by atoms with van der Waals surface area (Å²) in [7, 11) is 1.35. The zero-order valence-electron chi connectivity index (χ0n) is 20.7. The Kier molecular flexibility index (Phi) is 7.89. The van der Waals surface area contributed by atoms with Crippen molar-refractivity contribution in [1.82, 2.24) is 15.2 Å². The van der Waals surface area contributed by atoms with Crippen LogP contribution < -0.4 is 16.0 Å². The summed E-state index contributed by atoms with van der Waals surface area (Å²) < 4.78 is 55.6. The van der Waals surface area contributed by atoms with Gasteiger partial charge in [0.25, 0.3) is 5.91 Å². The van der Waals surface area contributed by atoms with Crippen molar-refractivity contribution in [2.24, 2.45) is 11.8 Å². The summed E-state index contributed by atoms with van der Waals surface area (Å²) in [6.07, 6.45) is -0.634. The van der Waals surface area contributed by atoms with Gasteiger partial charge in [-0.2, -0.15) is 13.2 Å². The molecule has 2 fully saturated rings. The minimum Gasteiger partial charge on any atom is -0.384 e. The molecule has 38 heavy (non-hydrogen) atoms. The Hall–Kier alpha value is -3.70. The summed E-state index contributed by atoms with van der Waals surface area (Å²) in [5, 5.41) is 2.01. The number of rotatable bonds is 6. The Labute approximate surface area is 217 Å². The van der Waals surface area contributed by atoms with Crippen molar-refractivity contribution in [2.75, 3.05) is 17.7 Å². The third-order valence-electron chi connectivity index (χ3n) is 7.27. The van der Waals surface area contributed by atoms with Gasteiger partial charge in [0.05, 0.1) is 5.92 Å². The number of hydrogen-bond donors (Lipinski definition) is 2. The molecule has 1 aromatic carbocycles. The second-order valence-corrected chi connectivity index (χ2v) is 9.80. The number of anilines is 2. The highest BCUT2D eigenvalue weighted by Crippen LogP contribution is 2.37. The Morgan fingerprint density at radius 1 is 1.18 bits per heavy atom. The fourth-order valence-electron chi connectivity index (χ4n) is 5.28. The number of likely N-dealkylation sites (tertiary alicyclic amines) is 1. The number of nitrogens with one attached hydrogen (secondary N) is 1. The summed E-state index contributed by atoms with van der Waals surface area (Å²) >= 11 is 0. The van der Waals surface area contributed by atoms with Crippen molar-refractivity contribution in [3.8, 4) is 0 Å². The lowest BCUT2D eigenvalue weighted by atomic mass is 9.81. The van der Waals surface area contributed by atoms with Gasteiger partial charge in [-0.1, -0.05) is 25.3 Å². The number of nitrogen functional groups attached to an aromatic ring is 1. The van der Waals surface area contributed by atoms with Crippen LogP contribution in [0.1, 0.15) is 37.7 Å². The third kappa shape index (κ3) is 5.73. The van der Waals surface area contributed by atoms with Crippen molar-refractivity contribution in [3.05, 3.63) is 54.0 Å². The molecule has 1 aliphatic heterocycles. The van der Waals surface area contributed by atoms with Crippen LogP contribution in [0.2, 0.25) is 0 Å². The lowest BCUT2D eigenvalue weighted by Gasteiger charge is -2.46. The number of likely N-dealkylation sites (N-methyl/N-ethyl adjacent to an activating group) is 1. The molecule has 0 radical (unpaired) electrons. The van der Waals surface area contributed by atoms with E-state index in [9.17, 15) is 31.9 Å². The Morgan fingerprint density at radius 2 is 1.89 bits per heavy atom. The second kappa shape index (κ2) is 11.0. The summed E-state index contributed by atoms with van der Waals surface area (Å²) in [5.41, 5.74) is 6.45. The van der Waals surface area contributed by atoms with E-state index in [1.165, 1.54) is 37.5 Å². The van der Waals surface area contributed by atoms with Crippen molar-refractivity contribution in [3.63, 3.8) is 0 Å². The van der Waals surface area contributed by atoms with E-state index in [-0.39, 0.29) is 17.9 Å². The molecule has 0 bridgehead atoms. The number of hydrogen-bond acceptors (Lipinski definition) is 5. The first-order valence-electron chi connectivity index (χ1n) is 12.4. The minimum atomic E-state index is -4.72. The van der Waals surface area contributed by atoms with Gasteiger partial charge in [-0.05, 0) is 61.1 Å². The molecule has 1 saturated heterocycles. The van der Waals surface area contributed by atoms with Crippen LogP contribution in [-0.2, 0) is 16.0 Å². The van der Waals surface area contributed by atoms with Gasteiger partial charge < -0.3 is 16.0 Å². The molecule has 0 unspecified atom stereocenters. The minimum absolute atomic E-state index is 0.00799. The standard InChI is InChI=1S/C26H29F4N5O3/c1-34(18-9-5-8-17(27)14-18)24(37)21-19(12-15-10-11-32-20(31)13-15)23(36)35(21)25(38)33-22(26(28,29)30)16-6-3-2-4-7-16/h5,8-11,13-14,16,19,21-22H,2-4,6-7,12H2,1H3,(H2,31,32)(H,33,38)/t19-,21+,22+/m1/s1. The number of nitrogens with two attached hydrogens (primary N) is 1. The van der Waals surface area contributed by atoms with Crippen LogP contribution in [0.5, 0.6) is 0 Å². The molecule has 1 aliphatic carbocycles. The smallest absolute Gasteiger partial charge is 0.384 e. The molecule has 4 amide bonds. The number of amides is 4. The summed E-state index contributed by atoms with van der Waals surface area (Å²) in [6, 6.07) is 3.43. The number of pyridine rings is 1. The van der Waals surface area contributed by atoms with E-state index in [0.717, 1.165) is 17.4 Å². The van der Waals surface area contributed by atoms with Gasteiger partial charge in [-0.15, -0.1) is 0 Å². The quantitative estimate of drug-likeness (QED) is 0.429. The SMILES string of the molecule is CN(C(=O)[C@@H]1[C@@H](Cc2ccnc(N)c2)C(=O)N1C(=O)N[C@@H](C1CCCCC1)C(F)(F)F)c1cccc(F)c1. The van der Waals surface area contributed by atoms with E-state index >= 15 is 0 Å². The van der Waals surface area contributed by atoms with E-state index in [0.29, 0.717) is 36.1 Å². The van der Waals surface area contributed by atoms with Gasteiger partial charge in [0.15, 0.2) is 0 Å². The van der Waals surface area contributed by atoms with Crippen LogP contribution in [0.3, 0.4) is 0 Å². The highest BCUT2D eigenvalue weighted by atomic mass is 19.4. The molecule has 12 heteroatoms. The van der Waals surface area contributed by atoms with Crippen molar-refractivity contribution in [2.45, 2.75) is 56.8 Å². The molecule has 204 valence electrons. The van der Waals surface area contributed by atoms with Gasteiger partial charge in [0.2, 0.25) is 5.91 Å². The molecule has 1 saturated carbocycles. The number of carbonyl (C=O) groups is 3. The van der Waals surface area contributed by atoms with Crippen molar-refractivity contribution in [1.29, 1.82) is 0 Å². The predicted octanol–water partition coefficient (Wildman–Crippen LogP) is 4.06. The molecule has 3 atom stereocenters. The fourth-order valence-corrected chi connectivity index (χ4v) is 5.28. The molecule has 0 spiro atoms. The molecule has 2 aliphatic rings. The van der Waals surface area contributed by atoms with E-state index in [4.69, 9.17) is 5.73 Å². The van der Waals surface area contributed by atoms with E-state index in [2.05, 4.69) is 4.98 Å². The van der Waals surface area contributed by atoms with Crippen LogP contribution >= 0.6 is 0 Å². The van der Waals surface area contributed by atoms with Crippen LogP contribution in [-0.4, -0.2) is 53.0 Å². The molecular formula is C26H29F4N5O3. The van der Waals surface area contributed by atoms with Crippen LogP contribution in [0, 0.1) is 17.7 Å². The lowest BCUT2D eigenvalue weighted by Crippen LogP contribution is -2.71. The number of β-lactam (4-membered cyclic amide) rings is 1. The first kappa shape index (κ1) is 27.3. The molecule has 8 nitrogen and oxygen atoms in total. The van der Waals surface area contributed by atoms with Crippen molar-refractivity contribution < 1.29 is 31.9 Å². The average molecular weight is 536 g/mol. The number of urea groups is 1. The van der Waals surface area contributed by atoms with E-state index in [1.807, 2.05) is 5.32 Å². The summed E-state index contributed by atoms with van der Waals surface area (Å²) in [5.74, 6) is -3.80. The van der Waals surface area contributed by atoms with Gasteiger partial charge in [-0.3, -0.25) is 14.5 Å². The number of nitrogens with zero attached hydrogens (tertiary/aromatic N) is 3. The highest BCUT2D eigenvalue weighted by Gasteiger charge is 2.56. The Balaban J connectivity index is 1.61. The summed E-state index contributed by atoms with van der Waals surface area (Å²) in [4.78, 5) is 45.3.